The molecule has 0 aliphatic heterocycles. The lowest BCUT2D eigenvalue weighted by Gasteiger charge is -2.13. The van der Waals surface area contributed by atoms with Gasteiger partial charge in [0, 0.05) is 10.7 Å². The van der Waals surface area contributed by atoms with Crippen LogP contribution in [0.25, 0.3) is 0 Å². The summed E-state index contributed by atoms with van der Waals surface area (Å²) in [5.74, 6) is -0.981. The zero-order chi connectivity index (χ0) is 18.1. The van der Waals surface area contributed by atoms with Crippen LogP contribution in [0.3, 0.4) is 0 Å². The molecule has 6 nitrogen and oxygen atoms in total. The fourth-order valence-corrected chi connectivity index (χ4v) is 2.33. The van der Waals surface area contributed by atoms with Crippen LogP contribution in [0.5, 0.6) is 5.75 Å². The summed E-state index contributed by atoms with van der Waals surface area (Å²) < 4.78 is 10.3. The minimum absolute atomic E-state index is 0.270. The van der Waals surface area contributed by atoms with Crippen LogP contribution in [0.2, 0.25) is 10.0 Å². The van der Waals surface area contributed by atoms with Gasteiger partial charge in [-0.2, -0.15) is 5.10 Å². The molecule has 24 heavy (non-hydrogen) atoms. The highest BCUT2D eigenvalue weighted by Gasteiger charge is 2.21. The van der Waals surface area contributed by atoms with Gasteiger partial charge in [0.1, 0.15) is 5.75 Å². The second-order valence-corrected chi connectivity index (χ2v) is 5.71. The van der Waals surface area contributed by atoms with E-state index >= 15 is 0 Å². The van der Waals surface area contributed by atoms with E-state index in [4.69, 9.17) is 32.7 Å². The van der Waals surface area contributed by atoms with Crippen LogP contribution in [0.15, 0.2) is 23.3 Å². The van der Waals surface area contributed by atoms with E-state index in [0.717, 1.165) is 0 Å². The predicted octanol–water partition coefficient (Wildman–Crippen LogP) is 3.45. The second-order valence-electron chi connectivity index (χ2n) is 4.86. The van der Waals surface area contributed by atoms with Gasteiger partial charge >= 0.3 is 5.97 Å². The number of benzene rings is 1. The van der Waals surface area contributed by atoms with Gasteiger partial charge in [-0.05, 0) is 38.5 Å². The van der Waals surface area contributed by atoms with E-state index in [9.17, 15) is 9.59 Å². The monoisotopic (exact) mass is 374 g/mol. The molecule has 0 heterocycles. The Balaban J connectivity index is 2.56. The first-order chi connectivity index (χ1) is 11.4. The SMILES string of the molecule is CCOC(=O)[C@H](CC)/C(C)=N/NC(=O)COc1ccc(Cl)cc1Cl. The van der Waals surface area contributed by atoms with E-state index in [0.29, 0.717) is 34.5 Å². The lowest BCUT2D eigenvalue weighted by atomic mass is 10.0. The first kappa shape index (κ1) is 20.3. The van der Waals surface area contributed by atoms with Crippen LogP contribution in [-0.4, -0.2) is 30.8 Å². The molecule has 0 saturated heterocycles. The normalized spacial score (nSPS) is 12.5. The van der Waals surface area contributed by atoms with E-state index in [2.05, 4.69) is 10.5 Å². The molecule has 0 aromatic heterocycles. The van der Waals surface area contributed by atoms with E-state index < -0.39 is 11.8 Å². The summed E-state index contributed by atoms with van der Waals surface area (Å²) in [6.07, 6.45) is 0.529. The topological polar surface area (TPSA) is 77.0 Å². The number of hydrogen-bond donors (Lipinski definition) is 1. The van der Waals surface area contributed by atoms with Crippen molar-refractivity contribution in [2.75, 3.05) is 13.2 Å². The quantitative estimate of drug-likeness (QED) is 0.429. The fraction of sp³-hybridized carbons (Fsp3) is 0.438. The van der Waals surface area contributed by atoms with Crippen LogP contribution >= 0.6 is 23.2 Å². The van der Waals surface area contributed by atoms with Crippen molar-refractivity contribution in [2.24, 2.45) is 11.0 Å². The van der Waals surface area contributed by atoms with Crippen molar-refractivity contribution in [3.8, 4) is 5.75 Å². The van der Waals surface area contributed by atoms with Crippen LogP contribution < -0.4 is 10.2 Å². The zero-order valence-corrected chi connectivity index (χ0v) is 15.3. The molecule has 1 N–H and O–H groups in total. The van der Waals surface area contributed by atoms with Gasteiger partial charge in [-0.15, -0.1) is 0 Å². The molecule has 1 aromatic rings. The minimum Gasteiger partial charge on any atom is -0.482 e. The van der Waals surface area contributed by atoms with Gasteiger partial charge in [0.15, 0.2) is 6.61 Å². The van der Waals surface area contributed by atoms with E-state index in [1.165, 1.54) is 6.07 Å². The molecular weight excluding hydrogens is 355 g/mol. The summed E-state index contributed by atoms with van der Waals surface area (Å²) in [6, 6.07) is 4.69. The molecule has 0 saturated carbocycles. The molecule has 1 atom stereocenters. The third-order valence-electron chi connectivity index (χ3n) is 3.09. The third-order valence-corrected chi connectivity index (χ3v) is 3.62. The highest BCUT2D eigenvalue weighted by molar-refractivity contribution is 6.35. The molecule has 0 bridgehead atoms. The number of ether oxygens (including phenoxy) is 2. The Hall–Kier alpha value is -1.79. The lowest BCUT2D eigenvalue weighted by Crippen LogP contribution is -2.29. The highest BCUT2D eigenvalue weighted by Crippen LogP contribution is 2.27. The second kappa shape index (κ2) is 10.2. The maximum absolute atomic E-state index is 11.8. The predicted molar refractivity (Wildman–Crippen MR) is 93.6 cm³/mol. The maximum Gasteiger partial charge on any atom is 0.314 e. The summed E-state index contributed by atoms with van der Waals surface area (Å²) in [5, 5.41) is 4.71. The van der Waals surface area contributed by atoms with Crippen molar-refractivity contribution in [3.63, 3.8) is 0 Å². The Morgan fingerprint density at radius 1 is 1.29 bits per heavy atom. The average Bonchev–Trinajstić information content (AvgIpc) is 2.53. The lowest BCUT2D eigenvalue weighted by molar-refractivity contribution is -0.145. The summed E-state index contributed by atoms with van der Waals surface area (Å²) in [4.78, 5) is 23.5. The molecule has 0 aliphatic rings. The third kappa shape index (κ3) is 6.37. The van der Waals surface area contributed by atoms with Gasteiger partial charge in [0.05, 0.1) is 17.5 Å². The molecule has 132 valence electrons. The van der Waals surface area contributed by atoms with E-state index in [1.54, 1.807) is 26.0 Å². The standard InChI is InChI=1S/C16H20Cl2N2O4/c1-4-12(16(22)23-5-2)10(3)19-20-15(21)9-24-14-7-6-11(17)8-13(14)18/h6-8,12H,4-5,9H2,1-3H3,(H,20,21)/b19-10+/t12-/m1/s1. The van der Waals surface area contributed by atoms with Gasteiger partial charge in [-0.3, -0.25) is 9.59 Å². The molecule has 1 rings (SSSR count). The molecule has 0 fully saturated rings. The van der Waals surface area contributed by atoms with Crippen LogP contribution in [0, 0.1) is 5.92 Å². The van der Waals surface area contributed by atoms with Crippen molar-refractivity contribution in [1.82, 2.24) is 5.43 Å². The Labute approximate surface area is 151 Å². The highest BCUT2D eigenvalue weighted by atomic mass is 35.5. The molecular formula is C16H20Cl2N2O4. The van der Waals surface area contributed by atoms with Crippen molar-refractivity contribution in [3.05, 3.63) is 28.2 Å². The number of hydrazone groups is 1. The first-order valence-corrected chi connectivity index (χ1v) is 8.22. The summed E-state index contributed by atoms with van der Waals surface area (Å²) >= 11 is 11.7. The number of esters is 1. The number of rotatable bonds is 8. The fourth-order valence-electron chi connectivity index (χ4n) is 1.87. The molecule has 1 aromatic carbocycles. The number of nitrogens with one attached hydrogen (secondary N) is 1. The molecule has 1 amide bonds. The number of carbonyl (C=O) groups excluding carboxylic acids is 2. The summed E-state index contributed by atoms with van der Waals surface area (Å²) in [5.41, 5.74) is 2.81. The van der Waals surface area contributed by atoms with Crippen molar-refractivity contribution < 1.29 is 19.1 Å². The Morgan fingerprint density at radius 2 is 2.00 bits per heavy atom. The number of hydrogen-bond acceptors (Lipinski definition) is 5. The number of nitrogens with zero attached hydrogens (tertiary/aromatic N) is 1. The smallest absolute Gasteiger partial charge is 0.314 e. The van der Waals surface area contributed by atoms with Crippen LogP contribution in [0.1, 0.15) is 27.2 Å². The number of amides is 1. The summed E-state index contributed by atoms with van der Waals surface area (Å²) in [6.45, 7) is 5.26. The number of carbonyl (C=O) groups is 2. The van der Waals surface area contributed by atoms with E-state index in [-0.39, 0.29) is 12.6 Å². The molecule has 0 spiro atoms. The van der Waals surface area contributed by atoms with Crippen molar-refractivity contribution in [1.29, 1.82) is 0 Å². The van der Waals surface area contributed by atoms with Crippen LogP contribution in [0.4, 0.5) is 0 Å². The van der Waals surface area contributed by atoms with Crippen LogP contribution in [-0.2, 0) is 14.3 Å². The van der Waals surface area contributed by atoms with Gasteiger partial charge in [-0.25, -0.2) is 5.43 Å². The van der Waals surface area contributed by atoms with Crippen molar-refractivity contribution in [2.45, 2.75) is 27.2 Å². The molecule has 0 aliphatic carbocycles. The zero-order valence-electron chi connectivity index (χ0n) is 13.8. The summed E-state index contributed by atoms with van der Waals surface area (Å²) in [7, 11) is 0. The average molecular weight is 375 g/mol. The van der Waals surface area contributed by atoms with Gasteiger partial charge in [-0.1, -0.05) is 30.1 Å². The van der Waals surface area contributed by atoms with E-state index in [1.807, 2.05) is 6.92 Å². The Kier molecular flexibility index (Phi) is 8.57. The van der Waals surface area contributed by atoms with Gasteiger partial charge in [0.25, 0.3) is 5.91 Å². The Bertz CT molecular complexity index is 620. The van der Waals surface area contributed by atoms with Gasteiger partial charge < -0.3 is 9.47 Å². The molecule has 0 radical (unpaired) electrons. The molecule has 0 unspecified atom stereocenters. The van der Waals surface area contributed by atoms with Gasteiger partial charge in [0.2, 0.25) is 0 Å². The van der Waals surface area contributed by atoms with Crippen molar-refractivity contribution >= 4 is 40.8 Å². The minimum atomic E-state index is -0.489. The maximum atomic E-state index is 11.8. The Morgan fingerprint density at radius 3 is 2.58 bits per heavy atom. The first-order valence-electron chi connectivity index (χ1n) is 7.46. The molecule has 8 heteroatoms. The largest absolute Gasteiger partial charge is 0.482 e. The number of halogens is 2.